The first-order valence-electron chi connectivity index (χ1n) is 3.95. The van der Waals surface area contributed by atoms with Gasteiger partial charge in [0.15, 0.2) is 0 Å². The van der Waals surface area contributed by atoms with E-state index in [0.29, 0.717) is 5.69 Å². The maximum absolute atomic E-state index is 13.2. The molecular weight excluding hydrogens is 153 g/mol. The molecule has 1 aromatic carbocycles. The van der Waals surface area contributed by atoms with Crippen LogP contribution in [-0.4, -0.2) is 13.6 Å². The van der Waals surface area contributed by atoms with Gasteiger partial charge in [-0.25, -0.2) is 4.39 Å². The lowest BCUT2D eigenvalue weighted by atomic mass is 10.1. The number of anilines is 1. The lowest BCUT2D eigenvalue weighted by molar-refractivity contribution is 0.624. The van der Waals surface area contributed by atoms with E-state index in [1.165, 1.54) is 6.07 Å². The topological polar surface area (TPSA) is 3.24 Å². The third kappa shape index (κ3) is 0.998. The van der Waals surface area contributed by atoms with E-state index < -0.39 is 0 Å². The van der Waals surface area contributed by atoms with Crippen LogP contribution in [-0.2, 0) is 0 Å². The van der Waals surface area contributed by atoms with Crippen LogP contribution in [0.15, 0.2) is 24.3 Å². The van der Waals surface area contributed by atoms with Crippen molar-refractivity contribution in [2.75, 3.05) is 18.5 Å². The summed E-state index contributed by atoms with van der Waals surface area (Å²) in [5, 5.41) is 0. The van der Waals surface area contributed by atoms with Gasteiger partial charge in [-0.3, -0.25) is 0 Å². The van der Waals surface area contributed by atoms with E-state index in [1.54, 1.807) is 6.07 Å². The molecule has 2 rings (SSSR count). The predicted molar refractivity (Wildman–Crippen MR) is 48.7 cm³/mol. The van der Waals surface area contributed by atoms with E-state index in [-0.39, 0.29) is 5.82 Å². The number of nitrogens with zero attached hydrogens (tertiary/aromatic N) is 1. The number of para-hydroxylation sites is 1. The molecule has 0 N–H and O–H groups in total. The molecule has 0 radical (unpaired) electrons. The van der Waals surface area contributed by atoms with Crippen molar-refractivity contribution in [3.8, 4) is 0 Å². The number of halogens is 1. The van der Waals surface area contributed by atoms with Crippen LogP contribution >= 0.6 is 0 Å². The zero-order chi connectivity index (χ0) is 8.55. The summed E-state index contributed by atoms with van der Waals surface area (Å²) in [6.45, 7) is 0.786. The van der Waals surface area contributed by atoms with Crippen LogP contribution < -0.4 is 4.90 Å². The van der Waals surface area contributed by atoms with Gasteiger partial charge in [-0.05, 0) is 6.07 Å². The van der Waals surface area contributed by atoms with Gasteiger partial charge >= 0.3 is 0 Å². The third-order valence-corrected chi connectivity index (χ3v) is 2.08. The summed E-state index contributed by atoms with van der Waals surface area (Å²) in [6.07, 6.45) is 3.99. The van der Waals surface area contributed by atoms with Gasteiger partial charge in [0.1, 0.15) is 5.82 Å². The molecular formula is C10H10FN. The number of hydrogen-bond donors (Lipinski definition) is 0. The van der Waals surface area contributed by atoms with Crippen molar-refractivity contribution in [1.29, 1.82) is 0 Å². The second-order valence-corrected chi connectivity index (χ2v) is 2.96. The summed E-state index contributed by atoms with van der Waals surface area (Å²) in [6, 6.07) is 5.15. The summed E-state index contributed by atoms with van der Waals surface area (Å²) >= 11 is 0. The minimum atomic E-state index is -0.139. The van der Waals surface area contributed by atoms with E-state index in [9.17, 15) is 4.39 Å². The zero-order valence-electron chi connectivity index (χ0n) is 6.92. The molecule has 0 saturated heterocycles. The van der Waals surface area contributed by atoms with Crippen molar-refractivity contribution in [2.45, 2.75) is 0 Å². The number of likely N-dealkylation sites (N-methyl/N-ethyl adjacent to an activating group) is 1. The molecule has 1 aromatic rings. The van der Waals surface area contributed by atoms with Gasteiger partial charge in [-0.15, -0.1) is 0 Å². The summed E-state index contributed by atoms with van der Waals surface area (Å²) in [7, 11) is 1.89. The minimum Gasteiger partial charge on any atom is -0.368 e. The van der Waals surface area contributed by atoms with E-state index in [2.05, 4.69) is 0 Å². The van der Waals surface area contributed by atoms with Crippen LogP contribution in [0.25, 0.3) is 6.08 Å². The molecule has 0 spiro atoms. The van der Waals surface area contributed by atoms with Crippen LogP contribution in [0, 0.1) is 5.82 Å². The maximum atomic E-state index is 13.2. The van der Waals surface area contributed by atoms with Crippen LogP contribution in [0.4, 0.5) is 10.1 Å². The first kappa shape index (κ1) is 7.35. The molecule has 1 heterocycles. The highest BCUT2D eigenvalue weighted by atomic mass is 19.1. The Labute approximate surface area is 71.1 Å². The summed E-state index contributed by atoms with van der Waals surface area (Å²) in [5.41, 5.74) is 1.67. The fourth-order valence-corrected chi connectivity index (χ4v) is 1.50. The average Bonchev–Trinajstić information content (AvgIpc) is 2.04. The molecule has 0 amide bonds. The molecule has 0 unspecified atom stereocenters. The smallest absolute Gasteiger partial charge is 0.147 e. The lowest BCUT2D eigenvalue weighted by Crippen LogP contribution is -2.21. The normalized spacial score (nSPS) is 14.7. The van der Waals surface area contributed by atoms with E-state index >= 15 is 0 Å². The van der Waals surface area contributed by atoms with Gasteiger partial charge in [-0.2, -0.15) is 0 Å². The molecule has 0 atom stereocenters. The Morgan fingerprint density at radius 2 is 2.25 bits per heavy atom. The number of hydrogen-bond acceptors (Lipinski definition) is 1. The maximum Gasteiger partial charge on any atom is 0.147 e. The molecule has 0 fully saturated rings. The molecule has 0 aromatic heterocycles. The van der Waals surface area contributed by atoms with Crippen LogP contribution in [0.2, 0.25) is 0 Å². The van der Waals surface area contributed by atoms with E-state index in [1.807, 2.05) is 30.2 Å². The van der Waals surface area contributed by atoms with E-state index in [0.717, 1.165) is 12.1 Å². The number of rotatable bonds is 0. The summed E-state index contributed by atoms with van der Waals surface area (Å²) in [4.78, 5) is 1.91. The molecule has 62 valence electrons. The molecule has 12 heavy (non-hydrogen) atoms. The summed E-state index contributed by atoms with van der Waals surface area (Å²) < 4.78 is 13.2. The number of benzene rings is 1. The first-order valence-corrected chi connectivity index (χ1v) is 3.95. The van der Waals surface area contributed by atoms with Crippen molar-refractivity contribution in [1.82, 2.24) is 0 Å². The van der Waals surface area contributed by atoms with Crippen molar-refractivity contribution >= 4 is 11.8 Å². The van der Waals surface area contributed by atoms with Gasteiger partial charge < -0.3 is 4.90 Å². The fraction of sp³-hybridized carbons (Fsp3) is 0.200. The van der Waals surface area contributed by atoms with Gasteiger partial charge in [0.05, 0.1) is 5.69 Å². The molecule has 1 nitrogen and oxygen atoms in total. The average molecular weight is 163 g/mol. The first-order chi connectivity index (χ1) is 5.79. The van der Waals surface area contributed by atoms with Gasteiger partial charge in [0.2, 0.25) is 0 Å². The van der Waals surface area contributed by atoms with Gasteiger partial charge in [0, 0.05) is 19.2 Å². The second-order valence-electron chi connectivity index (χ2n) is 2.96. The molecule has 0 aliphatic carbocycles. The predicted octanol–water partition coefficient (Wildman–Crippen LogP) is 2.29. The molecule has 1 aliphatic heterocycles. The Bertz CT molecular complexity index is 331. The summed E-state index contributed by atoms with van der Waals surface area (Å²) in [5.74, 6) is -0.139. The Kier molecular flexibility index (Phi) is 1.61. The lowest BCUT2D eigenvalue weighted by Gasteiger charge is -2.23. The Hall–Kier alpha value is -1.31. The Morgan fingerprint density at radius 3 is 3.00 bits per heavy atom. The van der Waals surface area contributed by atoms with Crippen LogP contribution in [0.5, 0.6) is 0 Å². The molecule has 0 saturated carbocycles. The zero-order valence-corrected chi connectivity index (χ0v) is 6.92. The van der Waals surface area contributed by atoms with Crippen molar-refractivity contribution in [3.63, 3.8) is 0 Å². The molecule has 2 heteroatoms. The van der Waals surface area contributed by atoms with Crippen molar-refractivity contribution in [2.24, 2.45) is 0 Å². The highest BCUT2D eigenvalue weighted by molar-refractivity contribution is 5.71. The van der Waals surface area contributed by atoms with E-state index in [4.69, 9.17) is 0 Å². The fourth-order valence-electron chi connectivity index (χ4n) is 1.50. The Balaban J connectivity index is 2.62. The quantitative estimate of drug-likeness (QED) is 0.567. The van der Waals surface area contributed by atoms with Crippen LogP contribution in [0.3, 0.4) is 0 Å². The third-order valence-electron chi connectivity index (χ3n) is 2.08. The van der Waals surface area contributed by atoms with Crippen molar-refractivity contribution < 1.29 is 4.39 Å². The highest BCUT2D eigenvalue weighted by Crippen LogP contribution is 2.27. The van der Waals surface area contributed by atoms with Gasteiger partial charge in [-0.1, -0.05) is 24.3 Å². The Morgan fingerprint density at radius 1 is 1.42 bits per heavy atom. The van der Waals surface area contributed by atoms with Crippen LogP contribution in [0.1, 0.15) is 5.56 Å². The molecule has 1 aliphatic rings. The largest absolute Gasteiger partial charge is 0.368 e. The number of fused-ring (bicyclic) bond motifs is 1. The van der Waals surface area contributed by atoms with Gasteiger partial charge in [0.25, 0.3) is 0 Å². The second kappa shape index (κ2) is 2.63. The monoisotopic (exact) mass is 163 g/mol. The highest BCUT2D eigenvalue weighted by Gasteiger charge is 2.12. The minimum absolute atomic E-state index is 0.139. The standard InChI is InChI=1S/C10H10FN/c1-12-7-3-5-8-4-2-6-9(11)10(8)12/h2-6H,7H2,1H3. The van der Waals surface area contributed by atoms with Crippen molar-refractivity contribution in [3.05, 3.63) is 35.7 Å². The molecule has 0 bridgehead atoms. The SMILES string of the molecule is CN1CC=Cc2cccc(F)c21.